The minimum absolute atomic E-state index is 7.93. The second kappa shape index (κ2) is 4.38. The molecule has 0 amide bonds. The van der Waals surface area contributed by atoms with Crippen molar-refractivity contribution in [3.05, 3.63) is 0 Å². The Labute approximate surface area is 121 Å². The highest BCUT2D eigenvalue weighted by Crippen LogP contribution is 2.73. The van der Waals surface area contributed by atoms with Crippen LogP contribution in [-0.2, 0) is 10.2 Å². The third kappa shape index (κ3) is 1.66. The van der Waals surface area contributed by atoms with E-state index in [9.17, 15) is 69.4 Å². The Morgan fingerprint density at radius 1 is 0.583 bits per heavy atom. The van der Waals surface area contributed by atoms with Crippen LogP contribution in [0.2, 0.25) is 0 Å². The number of rotatable bonds is 1. The van der Waals surface area contributed by atoms with Crippen molar-refractivity contribution in [1.29, 1.82) is 0 Å². The number of alkyl halides is 13. The Morgan fingerprint density at radius 3 is 1.12 bits per heavy atom. The van der Waals surface area contributed by atoms with E-state index >= 15 is 0 Å². The lowest BCUT2D eigenvalue weighted by atomic mass is 9.73. The lowest BCUT2D eigenvalue weighted by Crippen LogP contribution is -2.89. The number of hydrogen-bond acceptors (Lipinski definition) is 2. The summed E-state index contributed by atoms with van der Waals surface area (Å²) in [5.74, 6) is -32.1. The highest BCUT2D eigenvalue weighted by molar-refractivity contribution is 7.87. The Hall–Kier alpha value is -1.03. The molecule has 0 aromatic rings. The Morgan fingerprint density at radius 2 is 0.875 bits per heavy atom. The quantitative estimate of drug-likeness (QED) is 0.484. The van der Waals surface area contributed by atoms with Crippen molar-refractivity contribution in [3.63, 3.8) is 0 Å². The zero-order chi connectivity index (χ0) is 20.0. The summed E-state index contributed by atoms with van der Waals surface area (Å²) in [6.45, 7) is 0. The zero-order valence-corrected chi connectivity index (χ0v) is 10.8. The molecule has 0 aliphatic heterocycles. The first-order chi connectivity index (χ1) is 10.0. The topological polar surface area (TPSA) is 34.1 Å². The monoisotopic (exact) mass is 414 g/mol. The summed E-state index contributed by atoms with van der Waals surface area (Å²) in [6.07, 6.45) is -7.99. The van der Waals surface area contributed by atoms with Crippen LogP contribution < -0.4 is 0 Å². The molecule has 1 fully saturated rings. The Balaban J connectivity index is 4.27. The molecule has 0 radical (unpaired) electrons. The van der Waals surface area contributed by atoms with E-state index < -0.39 is 50.8 Å². The van der Waals surface area contributed by atoms with Crippen LogP contribution in [0.5, 0.6) is 0 Å². The molecule has 2 unspecified atom stereocenters. The standard InChI is InChI=1S/C7F14O2S/c8-1(7(18,19)20)2(9,10)3(11,12)4(13,14)5(15,16)6(1,17)24(21,22)23. The molecular weight excluding hydrogens is 414 g/mol. The smallest absolute Gasteiger partial charge is 0.221 e. The van der Waals surface area contributed by atoms with Gasteiger partial charge in [-0.2, -0.15) is 56.7 Å². The van der Waals surface area contributed by atoms with E-state index in [4.69, 9.17) is 0 Å². The second-order valence-corrected chi connectivity index (χ2v) is 5.93. The van der Waals surface area contributed by atoms with Gasteiger partial charge in [0, 0.05) is 0 Å². The molecule has 0 aromatic carbocycles. The molecule has 1 saturated carbocycles. The first-order valence-electron chi connectivity index (χ1n) is 4.90. The van der Waals surface area contributed by atoms with Gasteiger partial charge in [-0.25, -0.2) is 8.78 Å². The van der Waals surface area contributed by atoms with Crippen molar-refractivity contribution in [3.8, 4) is 0 Å². The fraction of sp³-hybridized carbons (Fsp3) is 1.00. The maximum absolute atomic E-state index is 13.6. The van der Waals surface area contributed by atoms with Crippen molar-refractivity contribution in [1.82, 2.24) is 0 Å². The summed E-state index contributed by atoms with van der Waals surface area (Å²) in [4.78, 5) is 0. The summed E-state index contributed by atoms with van der Waals surface area (Å²) >= 11 is 0. The van der Waals surface area contributed by atoms with E-state index in [2.05, 4.69) is 0 Å². The van der Waals surface area contributed by atoms with Crippen molar-refractivity contribution in [2.75, 3.05) is 0 Å². The molecule has 1 aliphatic rings. The Kier molecular flexibility index (Phi) is 3.83. The van der Waals surface area contributed by atoms with Gasteiger partial charge >= 0.3 is 50.8 Å². The molecule has 1 rings (SSSR count). The normalized spacial score (nSPS) is 37.9. The summed E-state index contributed by atoms with van der Waals surface area (Å²) in [5, 5.41) is -8.13. The van der Waals surface area contributed by atoms with Gasteiger partial charge in [-0.1, -0.05) is 0 Å². The largest absolute Gasteiger partial charge is 0.433 e. The van der Waals surface area contributed by atoms with Gasteiger partial charge in [0.15, 0.2) is 0 Å². The maximum Gasteiger partial charge on any atom is 0.433 e. The van der Waals surface area contributed by atoms with Gasteiger partial charge in [-0.3, -0.25) is 0 Å². The molecule has 0 bridgehead atoms. The molecular formula is C7F14O2S. The zero-order valence-electron chi connectivity index (χ0n) is 10.0. The molecule has 2 nitrogen and oxygen atoms in total. The average molecular weight is 414 g/mol. The fourth-order valence-electron chi connectivity index (χ4n) is 1.91. The molecule has 144 valence electrons. The maximum atomic E-state index is 13.6. The molecule has 0 N–H and O–H groups in total. The van der Waals surface area contributed by atoms with Crippen molar-refractivity contribution < 1.29 is 69.4 Å². The lowest BCUT2D eigenvalue weighted by Gasteiger charge is -2.53. The van der Waals surface area contributed by atoms with Crippen LogP contribution in [0.15, 0.2) is 0 Å². The van der Waals surface area contributed by atoms with Crippen LogP contribution >= 0.6 is 0 Å². The van der Waals surface area contributed by atoms with E-state index in [1.165, 1.54) is 0 Å². The highest BCUT2D eigenvalue weighted by Gasteiger charge is 3.07. The number of hydrogen-bond donors (Lipinski definition) is 0. The van der Waals surface area contributed by atoms with E-state index in [0.29, 0.717) is 0 Å². The van der Waals surface area contributed by atoms with Crippen LogP contribution in [-0.4, -0.2) is 49.0 Å². The molecule has 1 aliphatic carbocycles. The van der Waals surface area contributed by atoms with E-state index in [1.54, 1.807) is 0 Å². The summed E-state index contributed by atoms with van der Waals surface area (Å²) < 4.78 is 201. The van der Waals surface area contributed by atoms with Gasteiger partial charge in [0.05, 0.1) is 0 Å². The Bertz CT molecular complexity index is 649. The first kappa shape index (κ1) is 21.0. The van der Waals surface area contributed by atoms with Gasteiger partial charge in [0.25, 0.3) is 0 Å². The summed E-state index contributed by atoms with van der Waals surface area (Å²) in [5.41, 5.74) is -8.27. The van der Waals surface area contributed by atoms with Gasteiger partial charge in [0.1, 0.15) is 0 Å². The van der Waals surface area contributed by atoms with Gasteiger partial charge in [-0.15, -0.1) is 3.89 Å². The number of halogens is 14. The van der Waals surface area contributed by atoms with Gasteiger partial charge < -0.3 is 0 Å². The van der Waals surface area contributed by atoms with Crippen LogP contribution in [0.25, 0.3) is 0 Å². The van der Waals surface area contributed by atoms with E-state index in [1.807, 2.05) is 0 Å². The van der Waals surface area contributed by atoms with Crippen LogP contribution in [0.4, 0.5) is 61.0 Å². The van der Waals surface area contributed by atoms with Crippen molar-refractivity contribution in [2.24, 2.45) is 0 Å². The predicted octanol–water partition coefficient (Wildman–Crippen LogP) is 3.78. The second-order valence-electron chi connectivity index (χ2n) is 4.49. The fourth-order valence-corrected chi connectivity index (χ4v) is 2.93. The SMILES string of the molecule is O=S(=O)(F)C1(F)C(F)(F)C(F)(F)C(F)(F)C(F)(F)C1(F)C(F)(F)F. The summed E-state index contributed by atoms with van der Waals surface area (Å²) in [7, 11) is -8.62. The van der Waals surface area contributed by atoms with Gasteiger partial charge in [-0.05, 0) is 0 Å². The third-order valence-corrected chi connectivity index (χ3v) is 4.40. The lowest BCUT2D eigenvalue weighted by molar-refractivity contribution is -0.482. The van der Waals surface area contributed by atoms with Crippen LogP contribution in [0, 0.1) is 0 Å². The molecule has 0 saturated heterocycles. The molecule has 0 heterocycles. The van der Waals surface area contributed by atoms with Crippen molar-refractivity contribution >= 4 is 10.2 Å². The minimum Gasteiger partial charge on any atom is -0.221 e. The molecule has 0 spiro atoms. The predicted molar refractivity (Wildman–Crippen MR) is 43.5 cm³/mol. The molecule has 2 atom stereocenters. The molecule has 24 heavy (non-hydrogen) atoms. The third-order valence-electron chi connectivity index (χ3n) is 3.19. The van der Waals surface area contributed by atoms with Crippen LogP contribution in [0.3, 0.4) is 0 Å². The summed E-state index contributed by atoms with van der Waals surface area (Å²) in [6, 6.07) is 0. The molecule has 17 heteroatoms. The first-order valence-corrected chi connectivity index (χ1v) is 6.28. The highest BCUT2D eigenvalue weighted by atomic mass is 32.3. The van der Waals surface area contributed by atoms with Crippen molar-refractivity contribution in [2.45, 2.75) is 40.5 Å². The van der Waals surface area contributed by atoms with E-state index in [-0.39, 0.29) is 0 Å². The van der Waals surface area contributed by atoms with E-state index in [0.717, 1.165) is 0 Å². The average Bonchev–Trinajstić information content (AvgIpc) is 2.31. The van der Waals surface area contributed by atoms with Gasteiger partial charge in [0.2, 0.25) is 0 Å². The minimum atomic E-state index is -8.62. The van der Waals surface area contributed by atoms with Crippen LogP contribution in [0.1, 0.15) is 0 Å². The molecule has 0 aromatic heterocycles.